The average Bonchev–Trinajstić information content (AvgIpc) is 2.77. The molecule has 1 aromatic rings. The molecule has 5 aliphatic rings. The van der Waals surface area contributed by atoms with Crippen LogP contribution < -0.4 is 10.6 Å². The van der Waals surface area contributed by atoms with E-state index in [1.54, 1.807) is 0 Å². The first-order valence-corrected chi connectivity index (χ1v) is 12.5. The van der Waals surface area contributed by atoms with E-state index in [1.165, 1.54) is 24.8 Å². The van der Waals surface area contributed by atoms with Crippen molar-refractivity contribution in [3.05, 3.63) is 35.4 Å². The van der Waals surface area contributed by atoms with Gasteiger partial charge >= 0.3 is 0 Å². The number of amides is 2. The fourth-order valence-corrected chi connectivity index (χ4v) is 7.10. The van der Waals surface area contributed by atoms with E-state index in [2.05, 4.69) is 51.7 Å². The number of benzene rings is 1. The van der Waals surface area contributed by atoms with Crippen LogP contribution in [-0.2, 0) is 22.7 Å². The van der Waals surface area contributed by atoms with Crippen molar-refractivity contribution in [2.24, 2.45) is 23.2 Å². The number of likely N-dealkylation sites (N-methyl/N-ethyl adjacent to an activating group) is 1. The van der Waals surface area contributed by atoms with Crippen LogP contribution in [0.3, 0.4) is 0 Å². The van der Waals surface area contributed by atoms with Crippen LogP contribution in [0.1, 0.15) is 49.7 Å². The van der Waals surface area contributed by atoms with Crippen molar-refractivity contribution in [1.29, 1.82) is 0 Å². The van der Waals surface area contributed by atoms with E-state index >= 15 is 0 Å². The predicted octanol–water partition coefficient (Wildman–Crippen LogP) is 2.38. The van der Waals surface area contributed by atoms with Gasteiger partial charge in [0.25, 0.3) is 0 Å². The highest BCUT2D eigenvalue weighted by atomic mass is 16.2. The Morgan fingerprint density at radius 2 is 1.56 bits per heavy atom. The maximum Gasteiger partial charge on any atom is 0.239 e. The molecule has 6 rings (SSSR count). The van der Waals surface area contributed by atoms with Crippen molar-refractivity contribution in [2.45, 2.75) is 51.6 Å². The Morgan fingerprint density at radius 1 is 0.938 bits per heavy atom. The number of nitrogens with one attached hydrogen (secondary N) is 2. The fraction of sp³-hybridized carbons (Fsp3) is 0.692. The molecule has 4 aliphatic carbocycles. The third kappa shape index (κ3) is 4.86. The summed E-state index contributed by atoms with van der Waals surface area (Å²) < 4.78 is 0. The third-order valence-corrected chi connectivity index (χ3v) is 8.41. The van der Waals surface area contributed by atoms with Crippen molar-refractivity contribution in [3.8, 4) is 0 Å². The van der Waals surface area contributed by atoms with Gasteiger partial charge in [0, 0.05) is 44.7 Å². The summed E-state index contributed by atoms with van der Waals surface area (Å²) in [4.78, 5) is 30.3. The summed E-state index contributed by atoms with van der Waals surface area (Å²) in [6, 6.07) is 8.48. The summed E-state index contributed by atoms with van der Waals surface area (Å²) in [6.07, 6.45) is 7.06. The molecule has 0 radical (unpaired) electrons. The van der Waals surface area contributed by atoms with E-state index in [9.17, 15) is 9.59 Å². The number of hydrogen-bond acceptors (Lipinski definition) is 4. The van der Waals surface area contributed by atoms with Crippen LogP contribution in [0.15, 0.2) is 24.3 Å². The SMILES string of the molecule is CN1CCN(Cc2cccc(CNC(=O)CNC(=O)C34CC5CC(CC(C5)C3)C4)c2)CC1. The highest BCUT2D eigenvalue weighted by Gasteiger charge is 2.54. The maximum absolute atomic E-state index is 13.0. The molecule has 32 heavy (non-hydrogen) atoms. The molecule has 4 saturated carbocycles. The van der Waals surface area contributed by atoms with Crippen LogP contribution in [-0.4, -0.2) is 61.4 Å². The smallest absolute Gasteiger partial charge is 0.239 e. The number of carbonyl (C=O) groups excluding carboxylic acids is 2. The Labute approximate surface area is 192 Å². The zero-order chi connectivity index (χ0) is 22.1. The molecule has 0 spiro atoms. The molecule has 1 aliphatic heterocycles. The zero-order valence-electron chi connectivity index (χ0n) is 19.4. The van der Waals surface area contributed by atoms with Gasteiger partial charge in [0.1, 0.15) is 0 Å². The van der Waals surface area contributed by atoms with Crippen LogP contribution in [0, 0.1) is 23.2 Å². The minimum Gasteiger partial charge on any atom is -0.350 e. The van der Waals surface area contributed by atoms with Crippen LogP contribution in [0.4, 0.5) is 0 Å². The van der Waals surface area contributed by atoms with Crippen molar-refractivity contribution >= 4 is 11.8 Å². The lowest BCUT2D eigenvalue weighted by Gasteiger charge is -2.55. The molecule has 1 heterocycles. The number of carbonyl (C=O) groups is 2. The molecule has 4 bridgehead atoms. The van der Waals surface area contributed by atoms with Crippen molar-refractivity contribution in [2.75, 3.05) is 39.8 Å². The van der Waals surface area contributed by atoms with Crippen LogP contribution in [0.5, 0.6) is 0 Å². The first-order valence-electron chi connectivity index (χ1n) is 12.5. The van der Waals surface area contributed by atoms with Crippen molar-refractivity contribution in [1.82, 2.24) is 20.4 Å². The number of rotatable bonds is 7. The Balaban J connectivity index is 1.07. The van der Waals surface area contributed by atoms with E-state index in [0.717, 1.165) is 75.3 Å². The lowest BCUT2D eigenvalue weighted by Crippen LogP contribution is -2.54. The molecule has 6 nitrogen and oxygen atoms in total. The summed E-state index contributed by atoms with van der Waals surface area (Å²) in [7, 11) is 2.17. The normalized spacial score (nSPS) is 32.1. The van der Waals surface area contributed by atoms with E-state index < -0.39 is 0 Å². The zero-order valence-corrected chi connectivity index (χ0v) is 19.4. The van der Waals surface area contributed by atoms with Gasteiger partial charge in [-0.3, -0.25) is 14.5 Å². The topological polar surface area (TPSA) is 64.7 Å². The molecule has 2 N–H and O–H groups in total. The average molecular weight is 439 g/mol. The van der Waals surface area contributed by atoms with Gasteiger partial charge in [-0.2, -0.15) is 0 Å². The summed E-state index contributed by atoms with van der Waals surface area (Å²) >= 11 is 0. The second kappa shape index (κ2) is 9.14. The Morgan fingerprint density at radius 3 is 2.22 bits per heavy atom. The molecular weight excluding hydrogens is 400 g/mol. The van der Waals surface area contributed by atoms with E-state index in [1.807, 2.05) is 0 Å². The Bertz CT molecular complexity index is 811. The molecule has 1 aromatic carbocycles. The summed E-state index contributed by atoms with van der Waals surface area (Å²) in [5.41, 5.74) is 2.21. The molecule has 5 fully saturated rings. The van der Waals surface area contributed by atoms with Gasteiger partial charge in [0.05, 0.1) is 6.54 Å². The van der Waals surface area contributed by atoms with Gasteiger partial charge in [-0.05, 0) is 74.5 Å². The minimum atomic E-state index is -0.188. The Kier molecular flexibility index (Phi) is 6.26. The van der Waals surface area contributed by atoms with Crippen LogP contribution >= 0.6 is 0 Å². The van der Waals surface area contributed by atoms with Crippen LogP contribution in [0.25, 0.3) is 0 Å². The summed E-state index contributed by atoms with van der Waals surface area (Å²) in [6.45, 7) is 5.97. The molecule has 6 heteroatoms. The fourth-order valence-electron chi connectivity index (χ4n) is 7.10. The number of nitrogens with zero attached hydrogens (tertiary/aromatic N) is 2. The molecular formula is C26H38N4O2. The number of hydrogen-bond donors (Lipinski definition) is 2. The molecule has 2 amide bonds. The van der Waals surface area contributed by atoms with E-state index in [4.69, 9.17) is 0 Å². The molecule has 174 valence electrons. The van der Waals surface area contributed by atoms with Gasteiger partial charge in [0.15, 0.2) is 0 Å². The summed E-state index contributed by atoms with van der Waals surface area (Å²) in [5, 5.41) is 5.97. The van der Waals surface area contributed by atoms with E-state index in [-0.39, 0.29) is 23.8 Å². The molecule has 1 saturated heterocycles. The van der Waals surface area contributed by atoms with Crippen molar-refractivity contribution < 1.29 is 9.59 Å². The maximum atomic E-state index is 13.0. The third-order valence-electron chi connectivity index (χ3n) is 8.41. The standard InChI is InChI=1S/C26H38N4O2/c1-29-5-7-30(8-6-29)18-20-4-2-3-19(9-20)16-27-24(31)17-28-25(32)26-13-21-10-22(14-26)12-23(11-21)15-26/h2-4,9,21-23H,5-8,10-18H2,1H3,(H,27,31)(H,28,32). The Hall–Kier alpha value is -1.92. The highest BCUT2D eigenvalue weighted by molar-refractivity contribution is 5.88. The second-order valence-electron chi connectivity index (χ2n) is 11.1. The minimum absolute atomic E-state index is 0.0849. The predicted molar refractivity (Wildman–Crippen MR) is 125 cm³/mol. The van der Waals surface area contributed by atoms with Gasteiger partial charge in [0.2, 0.25) is 11.8 Å². The lowest BCUT2D eigenvalue weighted by atomic mass is 9.49. The highest BCUT2D eigenvalue weighted by Crippen LogP contribution is 2.60. The largest absolute Gasteiger partial charge is 0.350 e. The number of piperazine rings is 1. The molecule has 0 aromatic heterocycles. The summed E-state index contributed by atoms with van der Waals surface area (Å²) in [5.74, 6) is 2.23. The first kappa shape index (κ1) is 21.9. The van der Waals surface area contributed by atoms with Gasteiger partial charge in [-0.15, -0.1) is 0 Å². The molecule has 0 unspecified atom stereocenters. The van der Waals surface area contributed by atoms with Gasteiger partial charge in [-0.25, -0.2) is 0 Å². The van der Waals surface area contributed by atoms with Gasteiger partial charge < -0.3 is 15.5 Å². The monoisotopic (exact) mass is 438 g/mol. The first-order chi connectivity index (χ1) is 15.5. The quantitative estimate of drug-likeness (QED) is 0.686. The second-order valence-corrected chi connectivity index (χ2v) is 11.1. The van der Waals surface area contributed by atoms with Crippen molar-refractivity contribution in [3.63, 3.8) is 0 Å². The van der Waals surface area contributed by atoms with Gasteiger partial charge in [-0.1, -0.05) is 24.3 Å². The lowest BCUT2D eigenvalue weighted by molar-refractivity contribution is -0.147. The van der Waals surface area contributed by atoms with E-state index in [0.29, 0.717) is 6.54 Å². The molecule has 0 atom stereocenters. The van der Waals surface area contributed by atoms with Crippen LogP contribution in [0.2, 0.25) is 0 Å².